The molecule has 2 amide bonds. The smallest absolute Gasteiger partial charge is 0.312 e. The summed E-state index contributed by atoms with van der Waals surface area (Å²) in [6.07, 6.45) is 3.36. The molecular weight excluding hydrogens is 392 g/mol. The summed E-state index contributed by atoms with van der Waals surface area (Å²) >= 11 is 1.41. The highest BCUT2D eigenvalue weighted by Gasteiger charge is 2.12. The SMILES string of the molecule is CC(=O)Nc1ccc(NC(=O)COC(=O)Cc2csc(-c3cccnc3)n2)cc1. The van der Waals surface area contributed by atoms with Crippen LogP contribution in [0.2, 0.25) is 0 Å². The van der Waals surface area contributed by atoms with Crippen molar-refractivity contribution in [2.24, 2.45) is 0 Å². The molecule has 0 aliphatic heterocycles. The number of hydrogen-bond donors (Lipinski definition) is 2. The molecule has 0 atom stereocenters. The number of amides is 2. The minimum atomic E-state index is -0.538. The van der Waals surface area contributed by atoms with Gasteiger partial charge in [-0.05, 0) is 36.4 Å². The number of carbonyl (C=O) groups is 3. The van der Waals surface area contributed by atoms with Crippen LogP contribution in [0, 0.1) is 0 Å². The number of nitrogens with zero attached hydrogens (tertiary/aromatic N) is 2. The molecule has 9 heteroatoms. The van der Waals surface area contributed by atoms with Crippen LogP contribution < -0.4 is 10.6 Å². The first-order valence-corrected chi connectivity index (χ1v) is 9.55. The first-order valence-electron chi connectivity index (χ1n) is 8.67. The summed E-state index contributed by atoms with van der Waals surface area (Å²) in [4.78, 5) is 43.3. The number of thiazole rings is 1. The van der Waals surface area contributed by atoms with Gasteiger partial charge in [-0.25, -0.2) is 4.98 Å². The van der Waals surface area contributed by atoms with E-state index in [-0.39, 0.29) is 12.3 Å². The molecule has 148 valence electrons. The van der Waals surface area contributed by atoms with E-state index in [1.807, 2.05) is 12.1 Å². The van der Waals surface area contributed by atoms with Crippen LogP contribution in [0.1, 0.15) is 12.6 Å². The summed E-state index contributed by atoms with van der Waals surface area (Å²) in [6.45, 7) is 1.02. The molecule has 2 aromatic heterocycles. The number of pyridine rings is 1. The zero-order valence-electron chi connectivity index (χ0n) is 15.5. The van der Waals surface area contributed by atoms with Crippen molar-refractivity contribution in [3.63, 3.8) is 0 Å². The maximum Gasteiger partial charge on any atom is 0.312 e. The molecule has 2 N–H and O–H groups in total. The van der Waals surface area contributed by atoms with Crippen molar-refractivity contribution in [3.05, 3.63) is 59.9 Å². The highest BCUT2D eigenvalue weighted by molar-refractivity contribution is 7.13. The zero-order chi connectivity index (χ0) is 20.6. The van der Waals surface area contributed by atoms with Crippen LogP contribution in [0.15, 0.2) is 54.2 Å². The number of rotatable bonds is 7. The van der Waals surface area contributed by atoms with Crippen LogP contribution in [-0.4, -0.2) is 34.4 Å². The standard InChI is InChI=1S/C20H18N4O4S/c1-13(25)22-15-4-6-16(7-5-15)23-18(26)11-28-19(27)9-17-12-29-20(24-17)14-3-2-8-21-10-14/h2-8,10,12H,9,11H2,1H3,(H,22,25)(H,23,26). The Kier molecular flexibility index (Phi) is 6.64. The van der Waals surface area contributed by atoms with Gasteiger partial charge in [0.1, 0.15) is 5.01 Å². The highest BCUT2D eigenvalue weighted by atomic mass is 32.1. The van der Waals surface area contributed by atoms with Crippen molar-refractivity contribution in [1.82, 2.24) is 9.97 Å². The lowest BCUT2D eigenvalue weighted by Crippen LogP contribution is -2.21. The maximum atomic E-state index is 12.0. The van der Waals surface area contributed by atoms with E-state index >= 15 is 0 Å². The van der Waals surface area contributed by atoms with Crippen molar-refractivity contribution >= 4 is 40.5 Å². The van der Waals surface area contributed by atoms with Gasteiger partial charge >= 0.3 is 5.97 Å². The Hall–Kier alpha value is -3.59. The number of ether oxygens (including phenoxy) is 1. The van der Waals surface area contributed by atoms with Crippen LogP contribution in [0.25, 0.3) is 10.6 Å². The molecule has 29 heavy (non-hydrogen) atoms. The summed E-state index contributed by atoms with van der Waals surface area (Å²) in [7, 11) is 0. The van der Waals surface area contributed by atoms with Gasteiger partial charge in [-0.3, -0.25) is 19.4 Å². The number of benzene rings is 1. The number of carbonyl (C=O) groups excluding carboxylic acids is 3. The topological polar surface area (TPSA) is 110 Å². The van der Waals surface area contributed by atoms with Crippen molar-refractivity contribution < 1.29 is 19.1 Å². The lowest BCUT2D eigenvalue weighted by Gasteiger charge is -2.07. The minimum absolute atomic E-state index is 0.0184. The van der Waals surface area contributed by atoms with Crippen molar-refractivity contribution in [1.29, 1.82) is 0 Å². The Balaban J connectivity index is 1.45. The number of hydrogen-bond acceptors (Lipinski definition) is 7. The second-order valence-electron chi connectivity index (χ2n) is 6.03. The Morgan fingerprint density at radius 2 is 1.79 bits per heavy atom. The summed E-state index contributed by atoms with van der Waals surface area (Å²) in [5, 5.41) is 7.79. The van der Waals surface area contributed by atoms with Gasteiger partial charge in [-0.15, -0.1) is 11.3 Å². The van der Waals surface area contributed by atoms with E-state index in [1.54, 1.807) is 42.0 Å². The van der Waals surface area contributed by atoms with Gasteiger partial charge in [0, 0.05) is 41.6 Å². The van der Waals surface area contributed by atoms with E-state index in [1.165, 1.54) is 18.3 Å². The summed E-state index contributed by atoms with van der Waals surface area (Å²) < 4.78 is 5.02. The van der Waals surface area contributed by atoms with Crippen molar-refractivity contribution in [3.8, 4) is 10.6 Å². The van der Waals surface area contributed by atoms with Gasteiger partial charge in [0.15, 0.2) is 6.61 Å². The minimum Gasteiger partial charge on any atom is -0.455 e. The van der Waals surface area contributed by atoms with Gasteiger partial charge in [0.2, 0.25) is 5.91 Å². The number of nitrogens with one attached hydrogen (secondary N) is 2. The van der Waals surface area contributed by atoms with Gasteiger partial charge in [0.25, 0.3) is 5.91 Å². The average molecular weight is 410 g/mol. The van der Waals surface area contributed by atoms with Crippen molar-refractivity contribution in [2.45, 2.75) is 13.3 Å². The van der Waals surface area contributed by atoms with Gasteiger partial charge in [-0.2, -0.15) is 0 Å². The van der Waals surface area contributed by atoms with E-state index in [9.17, 15) is 14.4 Å². The monoisotopic (exact) mass is 410 g/mol. The van der Waals surface area contributed by atoms with E-state index in [0.717, 1.165) is 10.6 Å². The van der Waals surface area contributed by atoms with E-state index in [0.29, 0.717) is 17.1 Å². The molecule has 3 rings (SSSR count). The Morgan fingerprint density at radius 1 is 1.07 bits per heavy atom. The zero-order valence-corrected chi connectivity index (χ0v) is 16.4. The predicted molar refractivity (Wildman–Crippen MR) is 109 cm³/mol. The third-order valence-corrected chi connectivity index (χ3v) is 4.58. The molecule has 1 aromatic carbocycles. The molecule has 2 heterocycles. The lowest BCUT2D eigenvalue weighted by molar-refractivity contribution is -0.146. The summed E-state index contributed by atoms with van der Waals surface area (Å²) in [5.74, 6) is -1.18. The predicted octanol–water partition coefficient (Wildman–Crippen LogP) is 2.89. The second kappa shape index (κ2) is 9.56. The Morgan fingerprint density at radius 3 is 2.45 bits per heavy atom. The number of esters is 1. The molecule has 0 unspecified atom stereocenters. The fourth-order valence-electron chi connectivity index (χ4n) is 2.39. The second-order valence-corrected chi connectivity index (χ2v) is 6.89. The number of aromatic nitrogens is 2. The molecule has 0 saturated heterocycles. The fraction of sp³-hybridized carbons (Fsp3) is 0.150. The van der Waals surface area contributed by atoms with Gasteiger partial charge in [0.05, 0.1) is 12.1 Å². The van der Waals surface area contributed by atoms with Crippen LogP contribution in [-0.2, 0) is 25.5 Å². The molecule has 0 fully saturated rings. The molecule has 0 bridgehead atoms. The third-order valence-electron chi connectivity index (χ3n) is 3.64. The molecule has 0 aliphatic rings. The molecule has 3 aromatic rings. The molecule has 0 spiro atoms. The van der Waals surface area contributed by atoms with Crippen LogP contribution in [0.3, 0.4) is 0 Å². The maximum absolute atomic E-state index is 12.0. The largest absolute Gasteiger partial charge is 0.455 e. The third kappa shape index (κ3) is 6.22. The first-order chi connectivity index (χ1) is 14.0. The van der Waals surface area contributed by atoms with Crippen LogP contribution >= 0.6 is 11.3 Å². The molecule has 0 aliphatic carbocycles. The fourth-order valence-corrected chi connectivity index (χ4v) is 3.20. The first kappa shape index (κ1) is 20.2. The molecular formula is C20H18N4O4S. The van der Waals surface area contributed by atoms with Gasteiger partial charge in [-0.1, -0.05) is 0 Å². The highest BCUT2D eigenvalue weighted by Crippen LogP contribution is 2.22. The molecule has 8 nitrogen and oxygen atoms in total. The Bertz CT molecular complexity index is 1000. The van der Waals surface area contributed by atoms with E-state index in [2.05, 4.69) is 20.6 Å². The van der Waals surface area contributed by atoms with Crippen LogP contribution in [0.4, 0.5) is 11.4 Å². The quantitative estimate of drug-likeness (QED) is 0.580. The number of anilines is 2. The average Bonchev–Trinajstić information content (AvgIpc) is 3.17. The Labute approximate surface area is 171 Å². The van der Waals surface area contributed by atoms with E-state index in [4.69, 9.17) is 4.74 Å². The van der Waals surface area contributed by atoms with Gasteiger partial charge < -0.3 is 15.4 Å². The van der Waals surface area contributed by atoms with E-state index < -0.39 is 18.5 Å². The normalized spacial score (nSPS) is 10.2. The molecule has 0 saturated carbocycles. The molecule has 0 radical (unpaired) electrons. The lowest BCUT2D eigenvalue weighted by atomic mass is 10.2. The summed E-state index contributed by atoms with van der Waals surface area (Å²) in [5.41, 5.74) is 2.60. The van der Waals surface area contributed by atoms with Crippen LogP contribution in [0.5, 0.6) is 0 Å². The summed E-state index contributed by atoms with van der Waals surface area (Å²) in [6, 6.07) is 10.3. The van der Waals surface area contributed by atoms with Crippen molar-refractivity contribution in [2.75, 3.05) is 17.2 Å².